The molecule has 0 aliphatic rings. The van der Waals surface area contributed by atoms with Gasteiger partial charge in [-0.25, -0.2) is 4.31 Å². The fourth-order valence-corrected chi connectivity index (χ4v) is 3.53. The molecule has 0 amide bonds. The van der Waals surface area contributed by atoms with Crippen LogP contribution in [-0.2, 0) is 18.3 Å². The van der Waals surface area contributed by atoms with Crippen molar-refractivity contribution in [2.45, 2.75) is 20.1 Å². The van der Waals surface area contributed by atoms with Crippen molar-refractivity contribution in [1.29, 1.82) is 10.5 Å². The average Bonchev–Trinajstić information content (AvgIpc) is 3.03. The first kappa shape index (κ1) is 25.1. The van der Waals surface area contributed by atoms with E-state index in [1.807, 2.05) is 0 Å². The Morgan fingerprint density at radius 2 is 1.84 bits per heavy atom. The molecule has 2 aromatic rings. The van der Waals surface area contributed by atoms with Gasteiger partial charge in [0, 0.05) is 20.1 Å². The predicted octanol–water partition coefficient (Wildman–Crippen LogP) is 4.20. The summed E-state index contributed by atoms with van der Waals surface area (Å²) in [5, 5.41) is 25.6. The standard InChI is InChI=1S/C17H16ClF3N8O2S/c1-4-28(5-2)13-7-14(29(32(30)31)17(19,20)21)11(6-10(13)18)25-26-16-24-12(8-22)15(9-23)27(16)3/h6-7H,4-5H2,1-3H3,(H,30,31)/p-1. The van der Waals surface area contributed by atoms with Gasteiger partial charge in [-0.15, -0.1) is 23.4 Å². The molecule has 2 rings (SSSR count). The van der Waals surface area contributed by atoms with Crippen LogP contribution in [0.3, 0.4) is 0 Å². The molecule has 0 N–H and O–H groups in total. The van der Waals surface area contributed by atoms with Gasteiger partial charge < -0.3 is 14.0 Å². The predicted molar refractivity (Wildman–Crippen MR) is 109 cm³/mol. The smallest absolute Gasteiger partial charge is 0.495 e. The van der Waals surface area contributed by atoms with E-state index in [-0.39, 0.29) is 28.0 Å². The third-order valence-corrected chi connectivity index (χ3v) is 5.28. The number of hydrogen-bond donors (Lipinski definition) is 0. The minimum Gasteiger partial charge on any atom is -0.755 e. The van der Waals surface area contributed by atoms with Gasteiger partial charge in [0.05, 0.1) is 27.7 Å². The number of hydrogen-bond acceptors (Lipinski definition) is 8. The molecule has 1 aromatic carbocycles. The Bertz CT molecular complexity index is 1150. The lowest BCUT2D eigenvalue weighted by Crippen LogP contribution is -2.39. The fraction of sp³-hybridized carbons (Fsp3) is 0.353. The van der Waals surface area contributed by atoms with Crippen molar-refractivity contribution in [3.63, 3.8) is 0 Å². The van der Waals surface area contributed by atoms with E-state index >= 15 is 0 Å². The topological polar surface area (TPSA) is 137 Å². The summed E-state index contributed by atoms with van der Waals surface area (Å²) in [4.78, 5) is 5.42. The first-order valence-corrected chi connectivity index (χ1v) is 10.2. The molecular formula is C17H15ClF3N8O2S-. The summed E-state index contributed by atoms with van der Waals surface area (Å²) in [5.74, 6) is -0.255. The molecule has 0 aliphatic carbocycles. The highest BCUT2D eigenvalue weighted by Gasteiger charge is 2.41. The molecule has 170 valence electrons. The highest BCUT2D eigenvalue weighted by molar-refractivity contribution is 7.80. The molecule has 1 heterocycles. The second kappa shape index (κ2) is 9.95. The molecule has 1 atom stereocenters. The molecule has 32 heavy (non-hydrogen) atoms. The van der Waals surface area contributed by atoms with E-state index in [1.165, 1.54) is 7.05 Å². The van der Waals surface area contributed by atoms with Crippen LogP contribution < -0.4 is 9.21 Å². The summed E-state index contributed by atoms with van der Waals surface area (Å²) in [7, 11) is 1.35. The Morgan fingerprint density at radius 3 is 2.28 bits per heavy atom. The first-order chi connectivity index (χ1) is 15.0. The molecule has 0 spiro atoms. The number of halogens is 4. The lowest BCUT2D eigenvalue weighted by Gasteiger charge is -2.31. The van der Waals surface area contributed by atoms with E-state index in [1.54, 1.807) is 30.9 Å². The van der Waals surface area contributed by atoms with E-state index in [2.05, 4.69) is 15.2 Å². The SMILES string of the molecule is CCN(CC)c1cc(N(S(=O)[O-])C(F)(F)F)c(N=Nc2nc(C#N)c(C#N)n2C)cc1Cl. The molecule has 0 aliphatic heterocycles. The largest absolute Gasteiger partial charge is 0.755 e. The maximum absolute atomic E-state index is 13.5. The average molecular weight is 488 g/mol. The first-order valence-electron chi connectivity index (χ1n) is 8.83. The number of nitrogens with zero attached hydrogens (tertiary/aromatic N) is 8. The van der Waals surface area contributed by atoms with Crippen molar-refractivity contribution in [3.8, 4) is 12.1 Å². The van der Waals surface area contributed by atoms with Gasteiger partial charge in [0.1, 0.15) is 17.8 Å². The highest BCUT2D eigenvalue weighted by Crippen LogP contribution is 2.43. The van der Waals surface area contributed by atoms with E-state index in [4.69, 9.17) is 22.1 Å². The quantitative estimate of drug-likeness (QED) is 0.326. The number of nitriles is 2. The normalized spacial score (nSPS) is 12.4. The van der Waals surface area contributed by atoms with Crippen molar-refractivity contribution in [1.82, 2.24) is 9.55 Å². The van der Waals surface area contributed by atoms with Crippen LogP contribution in [0, 0.1) is 22.7 Å². The third kappa shape index (κ3) is 4.99. The van der Waals surface area contributed by atoms with Crippen LogP contribution in [0.25, 0.3) is 0 Å². The van der Waals surface area contributed by atoms with Crippen molar-refractivity contribution in [2.75, 3.05) is 22.3 Å². The number of rotatable bonds is 7. The lowest BCUT2D eigenvalue weighted by atomic mass is 10.2. The number of imidazole rings is 1. The Kier molecular flexibility index (Phi) is 7.79. The molecule has 15 heteroatoms. The summed E-state index contributed by atoms with van der Waals surface area (Å²) in [6.07, 6.45) is -5.30. The van der Waals surface area contributed by atoms with Gasteiger partial charge in [0.2, 0.25) is 0 Å². The lowest BCUT2D eigenvalue weighted by molar-refractivity contribution is -0.115. The van der Waals surface area contributed by atoms with Crippen LogP contribution in [0.15, 0.2) is 22.4 Å². The summed E-state index contributed by atoms with van der Waals surface area (Å²) in [6, 6.07) is 5.43. The third-order valence-electron chi connectivity index (χ3n) is 4.28. The zero-order valence-electron chi connectivity index (χ0n) is 16.9. The molecule has 0 bridgehead atoms. The molecule has 1 aromatic heterocycles. The second-order valence-corrected chi connectivity index (χ2v) is 7.24. The van der Waals surface area contributed by atoms with Crippen molar-refractivity contribution >= 4 is 45.9 Å². The van der Waals surface area contributed by atoms with Crippen LogP contribution in [-0.4, -0.2) is 37.7 Å². The van der Waals surface area contributed by atoms with Crippen LogP contribution >= 0.6 is 11.6 Å². The Balaban J connectivity index is 2.74. The number of aromatic nitrogens is 2. The zero-order chi connectivity index (χ0) is 24.2. The molecule has 0 saturated carbocycles. The van der Waals surface area contributed by atoms with Gasteiger partial charge in [-0.2, -0.15) is 15.5 Å². The molecule has 0 radical (unpaired) electrons. The number of anilines is 2. The van der Waals surface area contributed by atoms with E-state index in [0.717, 1.165) is 16.7 Å². The van der Waals surface area contributed by atoms with Gasteiger partial charge in [-0.1, -0.05) is 11.6 Å². The van der Waals surface area contributed by atoms with Crippen LogP contribution in [0.1, 0.15) is 25.2 Å². The summed E-state index contributed by atoms with van der Waals surface area (Å²) < 4.78 is 63.8. The van der Waals surface area contributed by atoms with E-state index in [0.29, 0.717) is 13.1 Å². The minimum absolute atomic E-state index is 0.0143. The van der Waals surface area contributed by atoms with E-state index in [9.17, 15) is 21.9 Å². The van der Waals surface area contributed by atoms with Gasteiger partial charge in [-0.3, -0.25) is 4.21 Å². The van der Waals surface area contributed by atoms with Gasteiger partial charge in [0.15, 0.2) is 11.4 Å². The molecule has 0 fully saturated rings. The van der Waals surface area contributed by atoms with Gasteiger partial charge in [-0.05, 0) is 26.0 Å². The Morgan fingerprint density at radius 1 is 1.22 bits per heavy atom. The molecule has 10 nitrogen and oxygen atoms in total. The molecule has 1 unspecified atom stereocenters. The monoisotopic (exact) mass is 487 g/mol. The fourth-order valence-electron chi connectivity index (χ4n) is 2.77. The Hall–Kier alpha value is -3.20. The number of alkyl halides is 3. The van der Waals surface area contributed by atoms with Crippen LogP contribution in [0.5, 0.6) is 0 Å². The zero-order valence-corrected chi connectivity index (χ0v) is 18.5. The Labute approximate surface area is 188 Å². The summed E-state index contributed by atoms with van der Waals surface area (Å²) in [5.41, 5.74) is -1.57. The molecular weight excluding hydrogens is 473 g/mol. The summed E-state index contributed by atoms with van der Waals surface area (Å²) >= 11 is 2.50. The number of azo groups is 1. The summed E-state index contributed by atoms with van der Waals surface area (Å²) in [6.45, 7) is 4.29. The second-order valence-electron chi connectivity index (χ2n) is 6.04. The maximum Gasteiger partial charge on any atom is 0.495 e. The van der Waals surface area contributed by atoms with Crippen molar-refractivity contribution in [2.24, 2.45) is 17.3 Å². The van der Waals surface area contributed by atoms with Gasteiger partial charge in [0.25, 0.3) is 5.95 Å². The van der Waals surface area contributed by atoms with E-state index < -0.39 is 33.2 Å². The maximum atomic E-state index is 13.5. The minimum atomic E-state index is -5.30. The number of benzene rings is 1. The van der Waals surface area contributed by atoms with Crippen LogP contribution in [0.2, 0.25) is 5.02 Å². The van der Waals surface area contributed by atoms with Crippen molar-refractivity contribution in [3.05, 3.63) is 28.5 Å². The van der Waals surface area contributed by atoms with Gasteiger partial charge >= 0.3 is 6.30 Å². The molecule has 0 saturated heterocycles. The van der Waals surface area contributed by atoms with Crippen LogP contribution in [0.4, 0.5) is 36.2 Å². The van der Waals surface area contributed by atoms with Crippen molar-refractivity contribution < 1.29 is 21.9 Å². The highest BCUT2D eigenvalue weighted by atomic mass is 35.5.